The number of alkyl halides is 3. The maximum atomic E-state index is 13.2. The Morgan fingerprint density at radius 3 is 2.45 bits per heavy atom. The number of halogens is 3. The number of fused-ring (bicyclic) bond motifs is 1. The summed E-state index contributed by atoms with van der Waals surface area (Å²) in [6.45, 7) is -1.58. The Labute approximate surface area is 163 Å². The molecule has 7 nitrogen and oxygen atoms in total. The number of aromatic carboxylic acids is 1. The van der Waals surface area contributed by atoms with E-state index >= 15 is 0 Å². The van der Waals surface area contributed by atoms with Crippen molar-refractivity contribution in [2.24, 2.45) is 0 Å². The summed E-state index contributed by atoms with van der Waals surface area (Å²) in [7, 11) is 2.47. The van der Waals surface area contributed by atoms with Crippen molar-refractivity contribution in [1.82, 2.24) is 4.90 Å². The molecule has 0 saturated carbocycles. The minimum Gasteiger partial charge on any atom is -0.545 e. The zero-order valence-corrected chi connectivity index (χ0v) is 15.4. The first-order valence-electron chi connectivity index (χ1n) is 8.37. The molecule has 1 amide bonds. The highest BCUT2D eigenvalue weighted by molar-refractivity contribution is 6.02. The van der Waals surface area contributed by atoms with Crippen molar-refractivity contribution in [2.45, 2.75) is 12.3 Å². The minimum absolute atomic E-state index is 0.0449. The van der Waals surface area contributed by atoms with E-state index in [1.165, 1.54) is 44.6 Å². The maximum absolute atomic E-state index is 13.2. The van der Waals surface area contributed by atoms with E-state index in [0.717, 1.165) is 0 Å². The van der Waals surface area contributed by atoms with Crippen LogP contribution in [0.25, 0.3) is 0 Å². The van der Waals surface area contributed by atoms with Crippen LogP contribution in [0.4, 0.5) is 18.9 Å². The van der Waals surface area contributed by atoms with E-state index < -0.39 is 36.3 Å². The van der Waals surface area contributed by atoms with Crippen LogP contribution >= 0.6 is 0 Å². The predicted molar refractivity (Wildman–Crippen MR) is 93.8 cm³/mol. The van der Waals surface area contributed by atoms with E-state index in [1.807, 2.05) is 0 Å². The lowest BCUT2D eigenvalue weighted by atomic mass is 9.98. The molecule has 10 heteroatoms. The van der Waals surface area contributed by atoms with E-state index in [2.05, 4.69) is 5.32 Å². The Balaban J connectivity index is 2.22. The highest BCUT2D eigenvalue weighted by Crippen LogP contribution is 2.41. The van der Waals surface area contributed by atoms with Gasteiger partial charge in [0.2, 0.25) is 0 Å². The SMILES string of the molecule is COc1ccc([C@H]2Nc3ccccc3C(=O)N2CC(F)(F)F)c(C(=O)[O-])c1OC. The highest BCUT2D eigenvalue weighted by atomic mass is 19.4. The molecule has 0 spiro atoms. The second kappa shape index (κ2) is 7.53. The second-order valence-electron chi connectivity index (χ2n) is 6.19. The van der Waals surface area contributed by atoms with Gasteiger partial charge < -0.3 is 29.6 Å². The molecule has 1 aliphatic rings. The Bertz CT molecular complexity index is 961. The van der Waals surface area contributed by atoms with E-state index in [0.29, 0.717) is 4.90 Å². The van der Waals surface area contributed by atoms with E-state index in [9.17, 15) is 27.9 Å². The van der Waals surface area contributed by atoms with Crippen LogP contribution < -0.4 is 19.9 Å². The van der Waals surface area contributed by atoms with E-state index in [4.69, 9.17) is 9.47 Å². The number of ether oxygens (including phenoxy) is 2. The molecule has 2 aromatic carbocycles. The number of hydrogen-bond acceptors (Lipinski definition) is 6. The lowest BCUT2D eigenvalue weighted by Crippen LogP contribution is -2.48. The van der Waals surface area contributed by atoms with E-state index in [1.54, 1.807) is 6.07 Å². The predicted octanol–water partition coefficient (Wildman–Crippen LogP) is 2.20. The molecule has 0 bridgehead atoms. The van der Waals surface area contributed by atoms with Gasteiger partial charge in [0.05, 0.1) is 31.3 Å². The topological polar surface area (TPSA) is 90.9 Å². The third kappa shape index (κ3) is 3.78. The molecular formula is C19H16F3N2O5-. The van der Waals surface area contributed by atoms with Crippen molar-refractivity contribution in [3.63, 3.8) is 0 Å². The molecular weight excluding hydrogens is 393 g/mol. The van der Waals surface area contributed by atoms with Crippen molar-refractivity contribution >= 4 is 17.6 Å². The molecule has 0 saturated heterocycles. The van der Waals surface area contributed by atoms with Crippen LogP contribution in [0.15, 0.2) is 36.4 Å². The van der Waals surface area contributed by atoms with Crippen LogP contribution in [0.5, 0.6) is 11.5 Å². The average molecular weight is 409 g/mol. The number of nitrogens with one attached hydrogen (secondary N) is 1. The third-order valence-corrected chi connectivity index (χ3v) is 4.45. The van der Waals surface area contributed by atoms with Crippen LogP contribution in [0.2, 0.25) is 0 Å². The van der Waals surface area contributed by atoms with Gasteiger partial charge >= 0.3 is 6.18 Å². The van der Waals surface area contributed by atoms with Crippen LogP contribution in [0, 0.1) is 0 Å². The second-order valence-corrected chi connectivity index (χ2v) is 6.19. The first-order valence-corrected chi connectivity index (χ1v) is 8.37. The first-order chi connectivity index (χ1) is 13.7. The largest absolute Gasteiger partial charge is 0.545 e. The molecule has 3 rings (SSSR count). The molecule has 1 aliphatic heterocycles. The molecule has 0 aromatic heterocycles. The summed E-state index contributed by atoms with van der Waals surface area (Å²) >= 11 is 0. The first kappa shape index (κ1) is 20.3. The molecule has 1 N–H and O–H groups in total. The molecule has 0 unspecified atom stereocenters. The quantitative estimate of drug-likeness (QED) is 0.814. The van der Waals surface area contributed by atoms with Crippen molar-refractivity contribution in [3.8, 4) is 11.5 Å². The number of benzene rings is 2. The number of para-hydroxylation sites is 1. The van der Waals surface area contributed by atoms with Gasteiger partial charge in [-0.15, -0.1) is 0 Å². The smallest absolute Gasteiger partial charge is 0.406 e. The molecule has 0 aliphatic carbocycles. The summed E-state index contributed by atoms with van der Waals surface area (Å²) in [4.78, 5) is 25.2. The number of anilines is 1. The zero-order chi connectivity index (χ0) is 21.3. The minimum atomic E-state index is -4.71. The Morgan fingerprint density at radius 1 is 1.17 bits per heavy atom. The van der Waals surface area contributed by atoms with Crippen molar-refractivity contribution in [1.29, 1.82) is 0 Å². The molecule has 154 valence electrons. The number of rotatable bonds is 5. The summed E-state index contributed by atoms with van der Waals surface area (Å²) in [5.74, 6) is -2.73. The zero-order valence-electron chi connectivity index (χ0n) is 15.4. The summed E-state index contributed by atoms with van der Waals surface area (Å²) in [5, 5.41) is 14.6. The number of carbonyl (C=O) groups is 2. The fourth-order valence-corrected chi connectivity index (χ4v) is 3.28. The summed E-state index contributed by atoms with van der Waals surface area (Å²) in [5.41, 5.74) is -0.318. The number of carboxylic acids is 1. The standard InChI is InChI=1S/C19H17F3N2O5/c1-28-13-8-7-11(14(18(26)27)15(13)29-2)16-23-12-6-4-3-5-10(12)17(25)24(16)9-19(20,21)22/h3-8,16,23H,9H2,1-2H3,(H,26,27)/p-1/t16-/m0/s1. The van der Waals surface area contributed by atoms with Gasteiger partial charge in [0.25, 0.3) is 5.91 Å². The number of nitrogens with zero attached hydrogens (tertiary/aromatic N) is 1. The van der Waals surface area contributed by atoms with Gasteiger partial charge in [-0.25, -0.2) is 0 Å². The Hall–Kier alpha value is -3.43. The fraction of sp³-hybridized carbons (Fsp3) is 0.263. The molecule has 2 aromatic rings. The highest BCUT2D eigenvalue weighted by Gasteiger charge is 2.41. The lowest BCUT2D eigenvalue weighted by molar-refractivity contribution is -0.255. The van der Waals surface area contributed by atoms with Gasteiger partial charge in [-0.3, -0.25) is 4.79 Å². The van der Waals surface area contributed by atoms with Gasteiger partial charge in [-0.05, 0) is 18.2 Å². The maximum Gasteiger partial charge on any atom is 0.406 e. The van der Waals surface area contributed by atoms with Crippen molar-refractivity contribution in [2.75, 3.05) is 26.1 Å². The van der Waals surface area contributed by atoms with Crippen molar-refractivity contribution in [3.05, 3.63) is 53.1 Å². The fourth-order valence-electron chi connectivity index (χ4n) is 3.28. The Kier molecular flexibility index (Phi) is 5.27. The van der Waals surface area contributed by atoms with Gasteiger partial charge in [-0.1, -0.05) is 18.2 Å². The number of amides is 1. The summed E-state index contributed by atoms with van der Waals surface area (Å²) in [6, 6.07) is 8.63. The van der Waals surface area contributed by atoms with Crippen LogP contribution in [0.1, 0.15) is 32.4 Å². The third-order valence-electron chi connectivity index (χ3n) is 4.45. The van der Waals surface area contributed by atoms with Crippen molar-refractivity contribution < 1.29 is 37.3 Å². The molecule has 1 atom stereocenters. The molecule has 0 fully saturated rings. The van der Waals surface area contributed by atoms with E-state index in [-0.39, 0.29) is 28.3 Å². The van der Waals surface area contributed by atoms with Crippen LogP contribution in [-0.2, 0) is 0 Å². The summed E-state index contributed by atoms with van der Waals surface area (Å²) < 4.78 is 49.8. The number of hydrogen-bond donors (Lipinski definition) is 1. The number of methoxy groups -OCH3 is 2. The van der Waals surface area contributed by atoms with Gasteiger partial charge in [0.1, 0.15) is 12.7 Å². The average Bonchev–Trinajstić information content (AvgIpc) is 2.67. The number of carboxylic acid groups (broad SMARTS) is 1. The van der Waals surface area contributed by atoms with Gasteiger partial charge in [0.15, 0.2) is 11.5 Å². The van der Waals surface area contributed by atoms with Gasteiger partial charge in [0, 0.05) is 11.3 Å². The van der Waals surface area contributed by atoms with Gasteiger partial charge in [-0.2, -0.15) is 13.2 Å². The molecule has 29 heavy (non-hydrogen) atoms. The molecule has 1 heterocycles. The monoisotopic (exact) mass is 409 g/mol. The Morgan fingerprint density at radius 2 is 1.86 bits per heavy atom. The lowest BCUT2D eigenvalue weighted by Gasteiger charge is -2.39. The number of carbonyl (C=O) groups excluding carboxylic acids is 2. The van der Waals surface area contributed by atoms with Crippen LogP contribution in [0.3, 0.4) is 0 Å². The normalized spacial score (nSPS) is 16.1. The molecule has 0 radical (unpaired) electrons. The summed E-state index contributed by atoms with van der Waals surface area (Å²) in [6.07, 6.45) is -6.13. The van der Waals surface area contributed by atoms with Crippen LogP contribution in [-0.4, -0.2) is 43.7 Å².